The molecule has 0 saturated heterocycles. The number of ether oxygens (including phenoxy) is 2. The van der Waals surface area contributed by atoms with Gasteiger partial charge in [0, 0.05) is 12.1 Å². The van der Waals surface area contributed by atoms with Crippen LogP contribution in [0.15, 0.2) is 24.3 Å². The molecule has 4 atom stereocenters. The molecule has 3 nitrogen and oxygen atoms in total. The highest BCUT2D eigenvalue weighted by Gasteiger charge is 2.43. The normalized spacial score (nSPS) is 31.8. The van der Waals surface area contributed by atoms with Gasteiger partial charge in [-0.15, -0.1) is 0 Å². The molecule has 3 aliphatic carbocycles. The maximum atomic E-state index is 14.0. The van der Waals surface area contributed by atoms with Gasteiger partial charge in [0.25, 0.3) is 0 Å². The Balaban J connectivity index is 1.31. The number of hydrogen-bond donors (Lipinski definition) is 0. The van der Waals surface area contributed by atoms with Crippen LogP contribution in [0.5, 0.6) is 11.5 Å². The average Bonchev–Trinajstić information content (AvgIpc) is 2.84. The van der Waals surface area contributed by atoms with E-state index in [0.29, 0.717) is 11.8 Å². The predicted molar refractivity (Wildman–Crippen MR) is 130 cm³/mol. The lowest BCUT2D eigenvalue weighted by Gasteiger charge is -2.46. The topological polar surface area (TPSA) is 35.5 Å². The SMILES string of the molecule is C/C=C/CCC1CCC(C2CCC3C(CCCC3C(=O)Oc3cc(F)c(OC)c(F)c3)C2)CC1. The third-order valence-electron chi connectivity index (χ3n) is 8.92. The highest BCUT2D eigenvalue weighted by molar-refractivity contribution is 5.75. The van der Waals surface area contributed by atoms with Crippen molar-refractivity contribution in [3.63, 3.8) is 0 Å². The first-order valence-corrected chi connectivity index (χ1v) is 13.4. The van der Waals surface area contributed by atoms with Gasteiger partial charge in [-0.1, -0.05) is 37.8 Å². The van der Waals surface area contributed by atoms with Gasteiger partial charge < -0.3 is 9.47 Å². The van der Waals surface area contributed by atoms with E-state index in [-0.39, 0.29) is 17.6 Å². The average molecular weight is 475 g/mol. The Labute approximate surface area is 203 Å². The summed E-state index contributed by atoms with van der Waals surface area (Å²) >= 11 is 0. The zero-order chi connectivity index (χ0) is 24.1. The van der Waals surface area contributed by atoms with Crippen molar-refractivity contribution in [2.24, 2.45) is 35.5 Å². The van der Waals surface area contributed by atoms with E-state index in [1.807, 2.05) is 0 Å². The van der Waals surface area contributed by atoms with Gasteiger partial charge in [0.05, 0.1) is 13.0 Å². The second-order valence-corrected chi connectivity index (χ2v) is 10.8. The first-order chi connectivity index (χ1) is 16.5. The number of methoxy groups -OCH3 is 1. The fourth-order valence-electron chi connectivity index (χ4n) is 7.15. The molecule has 5 heteroatoms. The van der Waals surface area contributed by atoms with Gasteiger partial charge in [0.15, 0.2) is 17.4 Å². The largest absolute Gasteiger partial charge is 0.491 e. The molecule has 3 saturated carbocycles. The van der Waals surface area contributed by atoms with Gasteiger partial charge >= 0.3 is 5.97 Å². The number of esters is 1. The van der Waals surface area contributed by atoms with Crippen molar-refractivity contribution in [3.05, 3.63) is 35.9 Å². The number of hydrogen-bond acceptors (Lipinski definition) is 3. The van der Waals surface area contributed by atoms with Crippen molar-refractivity contribution < 1.29 is 23.0 Å². The van der Waals surface area contributed by atoms with Crippen LogP contribution in [0.1, 0.15) is 84.0 Å². The molecule has 0 radical (unpaired) electrons. The van der Waals surface area contributed by atoms with Crippen LogP contribution < -0.4 is 9.47 Å². The number of carbonyl (C=O) groups excluding carboxylic acids is 1. The van der Waals surface area contributed by atoms with Crippen LogP contribution in [0.4, 0.5) is 8.78 Å². The summed E-state index contributed by atoms with van der Waals surface area (Å²) in [7, 11) is 1.21. The van der Waals surface area contributed by atoms with E-state index in [9.17, 15) is 13.6 Å². The van der Waals surface area contributed by atoms with E-state index in [0.717, 1.165) is 49.1 Å². The molecule has 0 aromatic heterocycles. The molecule has 3 aliphatic rings. The number of carbonyl (C=O) groups is 1. The van der Waals surface area contributed by atoms with Gasteiger partial charge in [0.1, 0.15) is 5.75 Å². The summed E-state index contributed by atoms with van der Waals surface area (Å²) < 4.78 is 38.3. The van der Waals surface area contributed by atoms with Crippen LogP contribution in [-0.4, -0.2) is 13.1 Å². The van der Waals surface area contributed by atoms with Gasteiger partial charge in [-0.3, -0.25) is 4.79 Å². The maximum Gasteiger partial charge on any atom is 0.314 e. The Morgan fingerprint density at radius 2 is 1.68 bits per heavy atom. The van der Waals surface area contributed by atoms with E-state index >= 15 is 0 Å². The Hall–Kier alpha value is -1.91. The fourth-order valence-corrected chi connectivity index (χ4v) is 7.15. The van der Waals surface area contributed by atoms with E-state index in [1.165, 1.54) is 64.9 Å². The Morgan fingerprint density at radius 1 is 0.971 bits per heavy atom. The molecule has 0 aliphatic heterocycles. The van der Waals surface area contributed by atoms with E-state index < -0.39 is 17.4 Å². The van der Waals surface area contributed by atoms with Crippen molar-refractivity contribution >= 4 is 5.97 Å². The molecule has 0 amide bonds. The van der Waals surface area contributed by atoms with Gasteiger partial charge in [-0.05, 0) is 87.9 Å². The molecular formula is C29H40F2O3. The van der Waals surface area contributed by atoms with Crippen molar-refractivity contribution in [2.45, 2.75) is 84.0 Å². The zero-order valence-corrected chi connectivity index (χ0v) is 20.7. The Bertz CT molecular complexity index is 836. The van der Waals surface area contributed by atoms with Crippen molar-refractivity contribution in [2.75, 3.05) is 7.11 Å². The summed E-state index contributed by atoms with van der Waals surface area (Å²) in [5, 5.41) is 0. The summed E-state index contributed by atoms with van der Waals surface area (Å²) in [6.07, 6.45) is 19.0. The van der Waals surface area contributed by atoms with Gasteiger partial charge in [0.2, 0.25) is 0 Å². The number of fused-ring (bicyclic) bond motifs is 1. The minimum Gasteiger partial charge on any atom is -0.491 e. The molecule has 0 bridgehead atoms. The first kappa shape index (κ1) is 25.2. The second kappa shape index (κ2) is 11.7. The smallest absolute Gasteiger partial charge is 0.314 e. The van der Waals surface area contributed by atoms with Crippen LogP contribution in [0.3, 0.4) is 0 Å². The molecule has 4 unspecified atom stereocenters. The molecule has 188 valence electrons. The van der Waals surface area contributed by atoms with E-state index in [1.54, 1.807) is 0 Å². The van der Waals surface area contributed by atoms with E-state index in [2.05, 4.69) is 19.1 Å². The molecule has 1 aromatic rings. The van der Waals surface area contributed by atoms with Crippen LogP contribution >= 0.6 is 0 Å². The lowest BCUT2D eigenvalue weighted by atomic mass is 9.59. The third kappa shape index (κ3) is 5.83. The predicted octanol–water partition coefficient (Wildman–Crippen LogP) is 7.87. The number of allylic oxidation sites excluding steroid dienone is 2. The van der Waals surface area contributed by atoms with Crippen molar-refractivity contribution in [3.8, 4) is 11.5 Å². The Kier molecular flexibility index (Phi) is 8.65. The molecule has 34 heavy (non-hydrogen) atoms. The van der Waals surface area contributed by atoms with E-state index in [4.69, 9.17) is 9.47 Å². The highest BCUT2D eigenvalue weighted by atomic mass is 19.1. The fraction of sp³-hybridized carbons (Fsp3) is 0.690. The molecule has 1 aromatic carbocycles. The zero-order valence-electron chi connectivity index (χ0n) is 20.7. The number of rotatable bonds is 7. The molecule has 0 heterocycles. The second-order valence-electron chi connectivity index (χ2n) is 10.8. The first-order valence-electron chi connectivity index (χ1n) is 13.4. The molecule has 3 fully saturated rings. The van der Waals surface area contributed by atoms with Gasteiger partial charge in [-0.2, -0.15) is 0 Å². The van der Waals surface area contributed by atoms with Crippen molar-refractivity contribution in [1.29, 1.82) is 0 Å². The lowest BCUT2D eigenvalue weighted by molar-refractivity contribution is -0.144. The lowest BCUT2D eigenvalue weighted by Crippen LogP contribution is -2.40. The molecule has 0 spiro atoms. The summed E-state index contributed by atoms with van der Waals surface area (Å²) in [5.41, 5.74) is 0. The van der Waals surface area contributed by atoms with Crippen LogP contribution in [0, 0.1) is 47.1 Å². The quantitative estimate of drug-likeness (QED) is 0.229. The molecule has 0 N–H and O–H groups in total. The van der Waals surface area contributed by atoms with Crippen LogP contribution in [-0.2, 0) is 4.79 Å². The van der Waals surface area contributed by atoms with Crippen molar-refractivity contribution in [1.82, 2.24) is 0 Å². The monoisotopic (exact) mass is 474 g/mol. The van der Waals surface area contributed by atoms with Gasteiger partial charge in [-0.25, -0.2) is 8.78 Å². The molecular weight excluding hydrogens is 434 g/mol. The number of halogens is 2. The third-order valence-corrected chi connectivity index (χ3v) is 8.92. The van der Waals surface area contributed by atoms with Crippen LogP contribution in [0.2, 0.25) is 0 Å². The Morgan fingerprint density at radius 3 is 2.35 bits per heavy atom. The van der Waals surface area contributed by atoms with Crippen LogP contribution in [0.25, 0.3) is 0 Å². The maximum absolute atomic E-state index is 14.0. The number of benzene rings is 1. The molecule has 4 rings (SSSR count). The standard InChI is InChI=1S/C29H40F2O3/c1-3-4-5-7-19-10-12-20(13-11-19)21-14-15-24-22(16-21)8-6-9-25(24)29(32)34-23-17-26(30)28(33-2)27(31)18-23/h3-4,17-22,24-25H,5-16H2,1-2H3/b4-3+. The minimum atomic E-state index is -0.858. The summed E-state index contributed by atoms with van der Waals surface area (Å²) in [6.45, 7) is 2.10. The highest BCUT2D eigenvalue weighted by Crippen LogP contribution is 2.50. The summed E-state index contributed by atoms with van der Waals surface area (Å²) in [5.74, 6) is 0.677. The minimum absolute atomic E-state index is 0.0807. The summed E-state index contributed by atoms with van der Waals surface area (Å²) in [4.78, 5) is 13.0. The summed E-state index contributed by atoms with van der Waals surface area (Å²) in [6, 6.07) is 2.07.